The number of aromatic nitrogens is 2. The maximum absolute atomic E-state index is 6.18. The molecule has 19 heavy (non-hydrogen) atoms. The van der Waals surface area contributed by atoms with Gasteiger partial charge < -0.3 is 4.90 Å². The third-order valence-corrected chi connectivity index (χ3v) is 4.02. The van der Waals surface area contributed by atoms with Crippen LogP contribution in [0.4, 0.5) is 5.69 Å². The van der Waals surface area contributed by atoms with Crippen molar-refractivity contribution in [1.82, 2.24) is 9.97 Å². The van der Waals surface area contributed by atoms with Crippen LogP contribution in [0.3, 0.4) is 0 Å². The molecule has 0 saturated carbocycles. The highest BCUT2D eigenvalue weighted by molar-refractivity contribution is 7.16. The molecule has 0 fully saturated rings. The van der Waals surface area contributed by atoms with Gasteiger partial charge in [-0.05, 0) is 35.7 Å². The standard InChI is InChI=1S/C14H12ClN3S/c1-18(2)10-5-3-9(4-6-10)13-16-12(15)11-7-8-19-14(11)17-13/h3-8H,1-2H3. The van der Waals surface area contributed by atoms with Crippen LogP contribution >= 0.6 is 22.9 Å². The Balaban J connectivity index is 2.08. The molecule has 0 spiro atoms. The van der Waals surface area contributed by atoms with Crippen molar-refractivity contribution in [3.8, 4) is 11.4 Å². The molecule has 3 nitrogen and oxygen atoms in total. The van der Waals surface area contributed by atoms with E-state index in [1.54, 1.807) is 11.3 Å². The van der Waals surface area contributed by atoms with Gasteiger partial charge >= 0.3 is 0 Å². The van der Waals surface area contributed by atoms with Crippen molar-refractivity contribution >= 4 is 38.8 Å². The third kappa shape index (κ3) is 2.29. The Hall–Kier alpha value is -1.65. The quantitative estimate of drug-likeness (QED) is 0.666. The summed E-state index contributed by atoms with van der Waals surface area (Å²) in [5, 5.41) is 3.41. The molecule has 0 bridgehead atoms. The van der Waals surface area contributed by atoms with Gasteiger partial charge in [-0.1, -0.05) is 11.6 Å². The summed E-state index contributed by atoms with van der Waals surface area (Å²) in [4.78, 5) is 11.9. The van der Waals surface area contributed by atoms with Crippen LogP contribution in [0.1, 0.15) is 0 Å². The number of rotatable bonds is 2. The molecule has 0 unspecified atom stereocenters. The molecule has 5 heteroatoms. The molecule has 0 aliphatic rings. The summed E-state index contributed by atoms with van der Waals surface area (Å²) in [6, 6.07) is 10.1. The molecular formula is C14H12ClN3S. The molecule has 2 heterocycles. The van der Waals surface area contributed by atoms with E-state index in [4.69, 9.17) is 11.6 Å². The summed E-state index contributed by atoms with van der Waals surface area (Å²) in [6.07, 6.45) is 0. The maximum atomic E-state index is 6.18. The van der Waals surface area contributed by atoms with Gasteiger partial charge in [-0.2, -0.15) is 0 Å². The zero-order chi connectivity index (χ0) is 13.4. The number of hydrogen-bond donors (Lipinski definition) is 0. The number of thiophene rings is 1. The van der Waals surface area contributed by atoms with Gasteiger partial charge in [0.05, 0.1) is 0 Å². The lowest BCUT2D eigenvalue weighted by atomic mass is 10.2. The first kappa shape index (κ1) is 12.4. The number of halogens is 1. The van der Waals surface area contributed by atoms with Gasteiger partial charge in [0.25, 0.3) is 0 Å². The molecule has 0 N–H and O–H groups in total. The van der Waals surface area contributed by atoms with Gasteiger partial charge in [0.1, 0.15) is 9.98 Å². The number of benzene rings is 1. The van der Waals surface area contributed by atoms with Gasteiger partial charge in [0.15, 0.2) is 5.82 Å². The van der Waals surface area contributed by atoms with Crippen molar-refractivity contribution in [1.29, 1.82) is 0 Å². The Kier molecular flexibility index (Phi) is 3.12. The summed E-state index contributed by atoms with van der Waals surface area (Å²) >= 11 is 7.76. The molecule has 0 amide bonds. The van der Waals surface area contributed by atoms with Gasteiger partial charge in [0.2, 0.25) is 0 Å². The number of anilines is 1. The average Bonchev–Trinajstić information content (AvgIpc) is 2.87. The minimum Gasteiger partial charge on any atom is -0.378 e. The van der Waals surface area contributed by atoms with Crippen molar-refractivity contribution in [2.45, 2.75) is 0 Å². The van der Waals surface area contributed by atoms with Gasteiger partial charge in [-0.15, -0.1) is 11.3 Å². The SMILES string of the molecule is CN(C)c1ccc(-c2nc(Cl)c3ccsc3n2)cc1. The van der Waals surface area contributed by atoms with E-state index in [0.717, 1.165) is 21.5 Å². The predicted molar refractivity (Wildman–Crippen MR) is 82.2 cm³/mol. The molecule has 0 atom stereocenters. The number of nitrogens with zero attached hydrogens (tertiary/aromatic N) is 3. The van der Waals surface area contributed by atoms with Crippen molar-refractivity contribution in [3.05, 3.63) is 40.9 Å². The number of fused-ring (bicyclic) bond motifs is 1. The summed E-state index contributed by atoms with van der Waals surface area (Å²) < 4.78 is 0. The number of hydrogen-bond acceptors (Lipinski definition) is 4. The van der Waals surface area contributed by atoms with Crippen LogP contribution in [0.15, 0.2) is 35.7 Å². The van der Waals surface area contributed by atoms with E-state index < -0.39 is 0 Å². The lowest BCUT2D eigenvalue weighted by Crippen LogP contribution is -2.08. The summed E-state index contributed by atoms with van der Waals surface area (Å²) in [6.45, 7) is 0. The van der Waals surface area contributed by atoms with Crippen LogP contribution in [0.2, 0.25) is 5.15 Å². The third-order valence-electron chi connectivity index (χ3n) is 2.92. The largest absolute Gasteiger partial charge is 0.378 e. The van der Waals surface area contributed by atoms with Crippen LogP contribution in [-0.2, 0) is 0 Å². The maximum Gasteiger partial charge on any atom is 0.162 e. The summed E-state index contributed by atoms with van der Waals surface area (Å²) in [5.41, 5.74) is 2.12. The Morgan fingerprint density at radius 1 is 1.05 bits per heavy atom. The highest BCUT2D eigenvalue weighted by Crippen LogP contribution is 2.28. The molecule has 3 rings (SSSR count). The minimum absolute atomic E-state index is 0.512. The second-order valence-corrected chi connectivity index (χ2v) is 5.67. The average molecular weight is 290 g/mol. The van der Waals surface area contributed by atoms with Gasteiger partial charge in [-0.3, -0.25) is 0 Å². The molecule has 2 aromatic heterocycles. The van der Waals surface area contributed by atoms with E-state index in [1.165, 1.54) is 0 Å². The minimum atomic E-state index is 0.512. The van der Waals surface area contributed by atoms with E-state index in [1.807, 2.05) is 49.8 Å². The first-order valence-corrected chi connectivity index (χ1v) is 7.09. The Labute approximate surface area is 120 Å². The Bertz CT molecular complexity index is 719. The molecular weight excluding hydrogens is 278 g/mol. The van der Waals surface area contributed by atoms with Crippen LogP contribution < -0.4 is 4.90 Å². The smallest absolute Gasteiger partial charge is 0.162 e. The monoisotopic (exact) mass is 289 g/mol. The van der Waals surface area contributed by atoms with E-state index in [0.29, 0.717) is 11.0 Å². The van der Waals surface area contributed by atoms with Crippen LogP contribution in [0.25, 0.3) is 21.6 Å². The molecule has 1 aromatic carbocycles. The predicted octanol–water partition coefficient (Wildman–Crippen LogP) is 4.08. The first-order chi connectivity index (χ1) is 9.15. The van der Waals surface area contributed by atoms with Crippen LogP contribution in [-0.4, -0.2) is 24.1 Å². The van der Waals surface area contributed by atoms with Gasteiger partial charge in [0, 0.05) is 30.7 Å². The zero-order valence-corrected chi connectivity index (χ0v) is 12.2. The molecule has 3 aromatic rings. The van der Waals surface area contributed by atoms with Crippen molar-refractivity contribution in [3.63, 3.8) is 0 Å². The molecule has 0 saturated heterocycles. The highest BCUT2D eigenvalue weighted by Gasteiger charge is 2.09. The topological polar surface area (TPSA) is 29.0 Å². The van der Waals surface area contributed by atoms with E-state index in [2.05, 4.69) is 14.9 Å². The van der Waals surface area contributed by atoms with Crippen molar-refractivity contribution in [2.75, 3.05) is 19.0 Å². The zero-order valence-electron chi connectivity index (χ0n) is 10.6. The fourth-order valence-corrected chi connectivity index (χ4v) is 2.91. The Morgan fingerprint density at radius 3 is 2.47 bits per heavy atom. The molecule has 96 valence electrons. The van der Waals surface area contributed by atoms with Crippen LogP contribution in [0, 0.1) is 0 Å². The van der Waals surface area contributed by atoms with Gasteiger partial charge in [-0.25, -0.2) is 9.97 Å². The van der Waals surface area contributed by atoms with Crippen molar-refractivity contribution in [2.24, 2.45) is 0 Å². The van der Waals surface area contributed by atoms with E-state index in [-0.39, 0.29) is 0 Å². The summed E-state index contributed by atoms with van der Waals surface area (Å²) in [7, 11) is 4.03. The van der Waals surface area contributed by atoms with E-state index in [9.17, 15) is 0 Å². The van der Waals surface area contributed by atoms with Crippen LogP contribution in [0.5, 0.6) is 0 Å². The summed E-state index contributed by atoms with van der Waals surface area (Å²) in [5.74, 6) is 0.672. The fraction of sp³-hybridized carbons (Fsp3) is 0.143. The fourth-order valence-electron chi connectivity index (χ4n) is 1.86. The van der Waals surface area contributed by atoms with Crippen molar-refractivity contribution < 1.29 is 0 Å². The second-order valence-electron chi connectivity index (χ2n) is 4.42. The molecule has 0 aliphatic carbocycles. The normalized spacial score (nSPS) is 10.9. The Morgan fingerprint density at radius 2 is 1.79 bits per heavy atom. The highest BCUT2D eigenvalue weighted by atomic mass is 35.5. The molecule has 0 aliphatic heterocycles. The lowest BCUT2D eigenvalue weighted by molar-refractivity contribution is 1.13. The lowest BCUT2D eigenvalue weighted by Gasteiger charge is -2.12. The molecule has 0 radical (unpaired) electrons. The second kappa shape index (κ2) is 4.79. The van der Waals surface area contributed by atoms with E-state index >= 15 is 0 Å². The first-order valence-electron chi connectivity index (χ1n) is 5.83.